The van der Waals surface area contributed by atoms with Crippen molar-refractivity contribution in [2.75, 3.05) is 13.1 Å². The van der Waals surface area contributed by atoms with E-state index in [1.54, 1.807) is 4.90 Å². The molecule has 0 aliphatic carbocycles. The Balaban J connectivity index is 4.38. The van der Waals surface area contributed by atoms with Gasteiger partial charge in [-0.1, -0.05) is 33.0 Å². The third-order valence-corrected chi connectivity index (χ3v) is 2.56. The number of amides is 1. The summed E-state index contributed by atoms with van der Waals surface area (Å²) in [5, 5.41) is 0. The van der Waals surface area contributed by atoms with Gasteiger partial charge in [0.1, 0.15) is 0 Å². The van der Waals surface area contributed by atoms with Crippen molar-refractivity contribution in [3.05, 3.63) is 0 Å². The van der Waals surface area contributed by atoms with Crippen LogP contribution in [0.4, 0.5) is 0 Å². The van der Waals surface area contributed by atoms with E-state index < -0.39 is 0 Å². The summed E-state index contributed by atoms with van der Waals surface area (Å²) < 4.78 is 0. The molecule has 0 spiro atoms. The molecule has 82 valence electrons. The topological polar surface area (TPSA) is 46.3 Å². The minimum Gasteiger partial charge on any atom is -0.392 e. The van der Waals surface area contributed by atoms with E-state index >= 15 is 0 Å². The average molecular weight is 216 g/mol. The van der Waals surface area contributed by atoms with Gasteiger partial charge in [-0.05, 0) is 12.8 Å². The Morgan fingerprint density at radius 3 is 2.21 bits per heavy atom. The van der Waals surface area contributed by atoms with Crippen LogP contribution in [0.25, 0.3) is 0 Å². The summed E-state index contributed by atoms with van der Waals surface area (Å²) in [5.41, 5.74) is 5.42. The number of carbonyl (C=O) groups excluding carboxylic acids is 1. The lowest BCUT2D eigenvalue weighted by Gasteiger charge is -2.25. The van der Waals surface area contributed by atoms with Crippen LogP contribution >= 0.6 is 12.2 Å². The Bertz CT molecular complexity index is 216. The molecule has 0 aliphatic rings. The number of rotatable bonds is 5. The molecule has 1 amide bonds. The fourth-order valence-corrected chi connectivity index (χ4v) is 1.26. The molecule has 3 nitrogen and oxygen atoms in total. The van der Waals surface area contributed by atoms with Gasteiger partial charge >= 0.3 is 0 Å². The summed E-state index contributed by atoms with van der Waals surface area (Å²) in [6.45, 7) is 9.00. The lowest BCUT2D eigenvalue weighted by Crippen LogP contribution is -2.41. The van der Waals surface area contributed by atoms with E-state index in [1.165, 1.54) is 0 Å². The Morgan fingerprint density at radius 1 is 1.43 bits per heavy atom. The highest BCUT2D eigenvalue weighted by Crippen LogP contribution is 2.12. The van der Waals surface area contributed by atoms with Gasteiger partial charge in [0.15, 0.2) is 0 Å². The minimum absolute atomic E-state index is 0.0318. The van der Waals surface area contributed by atoms with Crippen molar-refractivity contribution in [2.24, 2.45) is 17.6 Å². The molecule has 0 heterocycles. The Hall–Kier alpha value is -0.640. The van der Waals surface area contributed by atoms with Gasteiger partial charge in [-0.2, -0.15) is 0 Å². The van der Waals surface area contributed by atoms with Crippen LogP contribution in [0.15, 0.2) is 0 Å². The fraction of sp³-hybridized carbons (Fsp3) is 0.800. The highest BCUT2D eigenvalue weighted by molar-refractivity contribution is 7.80. The maximum atomic E-state index is 11.9. The zero-order valence-corrected chi connectivity index (χ0v) is 10.2. The van der Waals surface area contributed by atoms with Gasteiger partial charge in [0.05, 0.1) is 11.5 Å². The quantitative estimate of drug-likeness (QED) is 0.707. The molecule has 0 aromatic carbocycles. The van der Waals surface area contributed by atoms with Crippen LogP contribution in [0.3, 0.4) is 0 Å². The number of hydrogen-bond acceptors (Lipinski definition) is 2. The Labute approximate surface area is 91.6 Å². The Morgan fingerprint density at radius 2 is 1.93 bits per heavy atom. The first-order valence-electron chi connectivity index (χ1n) is 4.97. The van der Waals surface area contributed by atoms with Gasteiger partial charge in [0, 0.05) is 12.5 Å². The molecule has 0 fully saturated rings. The monoisotopic (exact) mass is 216 g/mol. The molecule has 14 heavy (non-hydrogen) atoms. The summed E-state index contributed by atoms with van der Waals surface area (Å²) in [6.07, 6.45) is 0. The maximum Gasteiger partial charge on any atom is 0.226 e. The third kappa shape index (κ3) is 4.05. The van der Waals surface area contributed by atoms with Crippen molar-refractivity contribution in [1.29, 1.82) is 0 Å². The van der Waals surface area contributed by atoms with E-state index in [1.807, 2.05) is 27.7 Å². The summed E-state index contributed by atoms with van der Waals surface area (Å²) in [4.78, 5) is 13.9. The molecule has 0 saturated heterocycles. The second-order valence-electron chi connectivity index (χ2n) is 3.85. The SMILES string of the molecule is CCN(CC(N)=S)C(=O)C(C)C(C)C. The zero-order chi connectivity index (χ0) is 11.3. The van der Waals surface area contributed by atoms with Gasteiger partial charge in [0.25, 0.3) is 0 Å². The lowest BCUT2D eigenvalue weighted by molar-refractivity contribution is -0.135. The zero-order valence-electron chi connectivity index (χ0n) is 9.41. The summed E-state index contributed by atoms with van der Waals surface area (Å²) >= 11 is 4.79. The lowest BCUT2D eigenvalue weighted by atomic mass is 9.96. The summed E-state index contributed by atoms with van der Waals surface area (Å²) in [6, 6.07) is 0. The number of nitrogens with zero attached hydrogens (tertiary/aromatic N) is 1. The molecule has 4 heteroatoms. The average Bonchev–Trinajstić information content (AvgIpc) is 2.11. The molecular weight excluding hydrogens is 196 g/mol. The number of carbonyl (C=O) groups is 1. The largest absolute Gasteiger partial charge is 0.392 e. The second kappa shape index (κ2) is 5.96. The Kier molecular flexibility index (Phi) is 5.69. The van der Waals surface area contributed by atoms with E-state index in [4.69, 9.17) is 18.0 Å². The van der Waals surface area contributed by atoms with Crippen LogP contribution in [-0.2, 0) is 4.79 Å². The molecule has 0 radical (unpaired) electrons. The van der Waals surface area contributed by atoms with E-state index in [-0.39, 0.29) is 11.8 Å². The molecule has 0 aromatic rings. The molecule has 2 N–H and O–H groups in total. The number of thiocarbonyl (C=S) groups is 1. The van der Waals surface area contributed by atoms with E-state index in [0.29, 0.717) is 24.0 Å². The van der Waals surface area contributed by atoms with Crippen LogP contribution in [0.1, 0.15) is 27.7 Å². The number of hydrogen-bond donors (Lipinski definition) is 1. The molecule has 0 saturated carbocycles. The predicted octanol–water partition coefficient (Wildman–Crippen LogP) is 1.41. The van der Waals surface area contributed by atoms with Crippen LogP contribution in [0.5, 0.6) is 0 Å². The molecule has 0 aromatic heterocycles. The van der Waals surface area contributed by atoms with E-state index in [0.717, 1.165) is 0 Å². The van der Waals surface area contributed by atoms with Crippen molar-refractivity contribution >= 4 is 23.1 Å². The first-order valence-corrected chi connectivity index (χ1v) is 5.38. The second-order valence-corrected chi connectivity index (χ2v) is 4.38. The smallest absolute Gasteiger partial charge is 0.226 e. The molecule has 1 atom stereocenters. The van der Waals surface area contributed by atoms with Gasteiger partial charge in [-0.25, -0.2) is 0 Å². The number of nitrogens with two attached hydrogens (primary N) is 1. The molecule has 0 aliphatic heterocycles. The normalized spacial score (nSPS) is 12.6. The van der Waals surface area contributed by atoms with E-state index in [9.17, 15) is 4.79 Å². The minimum atomic E-state index is 0.0318. The first-order chi connectivity index (χ1) is 6.40. The standard InChI is InChI=1S/C10H20N2OS/c1-5-12(6-9(11)14)10(13)8(4)7(2)3/h7-8H,5-6H2,1-4H3,(H2,11,14). The van der Waals surface area contributed by atoms with Gasteiger partial charge in [-0.15, -0.1) is 0 Å². The van der Waals surface area contributed by atoms with Crippen molar-refractivity contribution in [2.45, 2.75) is 27.7 Å². The van der Waals surface area contributed by atoms with Gasteiger partial charge < -0.3 is 10.6 Å². The first kappa shape index (κ1) is 13.4. The van der Waals surface area contributed by atoms with Crippen molar-refractivity contribution in [3.8, 4) is 0 Å². The summed E-state index contributed by atoms with van der Waals surface area (Å²) in [7, 11) is 0. The van der Waals surface area contributed by atoms with Crippen LogP contribution in [0.2, 0.25) is 0 Å². The molecule has 0 rings (SSSR count). The number of likely N-dealkylation sites (N-methyl/N-ethyl adjacent to an activating group) is 1. The molecular formula is C10H20N2OS. The van der Waals surface area contributed by atoms with Crippen molar-refractivity contribution < 1.29 is 4.79 Å². The molecule has 1 unspecified atom stereocenters. The maximum absolute atomic E-state index is 11.9. The van der Waals surface area contributed by atoms with Gasteiger partial charge in [-0.3, -0.25) is 4.79 Å². The van der Waals surface area contributed by atoms with Crippen LogP contribution in [0, 0.1) is 11.8 Å². The van der Waals surface area contributed by atoms with Crippen molar-refractivity contribution in [1.82, 2.24) is 4.90 Å². The predicted molar refractivity (Wildman–Crippen MR) is 63.0 cm³/mol. The van der Waals surface area contributed by atoms with Gasteiger partial charge in [0.2, 0.25) is 5.91 Å². The summed E-state index contributed by atoms with van der Waals surface area (Å²) in [5.74, 6) is 0.516. The van der Waals surface area contributed by atoms with E-state index in [2.05, 4.69) is 0 Å². The molecule has 0 bridgehead atoms. The third-order valence-electron chi connectivity index (χ3n) is 2.43. The highest BCUT2D eigenvalue weighted by atomic mass is 32.1. The van der Waals surface area contributed by atoms with Crippen LogP contribution in [-0.4, -0.2) is 28.9 Å². The van der Waals surface area contributed by atoms with Crippen LogP contribution < -0.4 is 5.73 Å². The highest BCUT2D eigenvalue weighted by Gasteiger charge is 2.21. The van der Waals surface area contributed by atoms with Crippen molar-refractivity contribution in [3.63, 3.8) is 0 Å². The fourth-order valence-electron chi connectivity index (χ4n) is 1.11.